The third kappa shape index (κ3) is 6.89. The van der Waals surface area contributed by atoms with Crippen LogP contribution in [0.2, 0.25) is 0 Å². The van der Waals surface area contributed by atoms with Crippen LogP contribution in [0.3, 0.4) is 0 Å². The SMILES string of the molecule is COC(=O)c1ccc(C(=O)OC)c(OC(F)(F)C(F)(Br)OC(F)(F)C(F)(OC(F)(F)C(F)(F)C(F)(F)F)C(F)(F)F)c1. The van der Waals surface area contributed by atoms with Gasteiger partial charge in [0.25, 0.3) is 0 Å². The first kappa shape index (κ1) is 37.3. The monoisotopic (exact) mass is 720 g/mol. The Balaban J connectivity index is 3.64. The zero-order valence-corrected chi connectivity index (χ0v) is 21.1. The molecule has 0 saturated heterocycles. The topological polar surface area (TPSA) is 80.3 Å². The Morgan fingerprint density at radius 1 is 0.643 bits per heavy atom. The molecule has 0 aliphatic heterocycles. The molecule has 0 heterocycles. The number of halogens is 17. The summed E-state index contributed by atoms with van der Waals surface area (Å²) in [4.78, 5) is 23.3. The van der Waals surface area contributed by atoms with Crippen LogP contribution in [-0.2, 0) is 18.9 Å². The van der Waals surface area contributed by atoms with Gasteiger partial charge in [-0.3, -0.25) is 9.47 Å². The summed E-state index contributed by atoms with van der Waals surface area (Å²) >= 11 is 0.890. The predicted octanol–water partition coefficient (Wildman–Crippen LogP) is 6.89. The number of hydrogen-bond donors (Lipinski definition) is 0. The molecule has 7 nitrogen and oxygen atoms in total. The average Bonchev–Trinajstić information content (AvgIpc) is 2.80. The molecule has 1 aromatic rings. The fourth-order valence-corrected chi connectivity index (χ4v) is 2.59. The molecule has 0 spiro atoms. The van der Waals surface area contributed by atoms with Gasteiger partial charge in [-0.1, -0.05) is 0 Å². The van der Waals surface area contributed by atoms with E-state index in [1.807, 2.05) is 0 Å². The lowest BCUT2D eigenvalue weighted by Gasteiger charge is -2.40. The molecule has 1 aromatic carbocycles. The Bertz CT molecular complexity index is 1170. The number of hydrogen-bond acceptors (Lipinski definition) is 7. The molecule has 42 heavy (non-hydrogen) atoms. The first-order valence-electron chi connectivity index (χ1n) is 9.56. The van der Waals surface area contributed by atoms with E-state index in [1.54, 1.807) is 0 Å². The summed E-state index contributed by atoms with van der Waals surface area (Å²) in [7, 11) is 1.31. The first-order chi connectivity index (χ1) is 18.4. The van der Waals surface area contributed by atoms with Gasteiger partial charge in [-0.05, 0) is 34.1 Å². The summed E-state index contributed by atoms with van der Waals surface area (Å²) in [5, 5.41) is 0. The van der Waals surface area contributed by atoms with Crippen molar-refractivity contribution in [3.05, 3.63) is 29.3 Å². The van der Waals surface area contributed by atoms with Gasteiger partial charge in [0, 0.05) is 0 Å². The van der Waals surface area contributed by atoms with Crippen molar-refractivity contribution in [2.45, 2.75) is 47.2 Å². The van der Waals surface area contributed by atoms with Gasteiger partial charge in [-0.15, -0.1) is 0 Å². The van der Waals surface area contributed by atoms with Crippen LogP contribution in [0.25, 0.3) is 0 Å². The van der Waals surface area contributed by atoms with Crippen LogP contribution in [0.1, 0.15) is 20.7 Å². The smallest absolute Gasteiger partial charge is 0.465 e. The van der Waals surface area contributed by atoms with Gasteiger partial charge >= 0.3 is 59.2 Å². The highest BCUT2D eigenvalue weighted by Crippen LogP contribution is 2.57. The van der Waals surface area contributed by atoms with E-state index in [9.17, 15) is 79.8 Å². The minimum absolute atomic E-state index is 0.102. The number of alkyl halides is 17. The Morgan fingerprint density at radius 3 is 1.52 bits per heavy atom. The Kier molecular flexibility index (Phi) is 10.1. The molecule has 0 aliphatic carbocycles. The molecule has 0 N–H and O–H groups in total. The second kappa shape index (κ2) is 11.4. The Labute approximate surface area is 228 Å². The van der Waals surface area contributed by atoms with E-state index in [0.29, 0.717) is 26.4 Å². The predicted molar refractivity (Wildman–Crippen MR) is 100 cm³/mol. The molecule has 0 amide bonds. The number of methoxy groups -OCH3 is 2. The lowest BCUT2D eigenvalue weighted by molar-refractivity contribution is -0.545. The fourth-order valence-electron chi connectivity index (χ4n) is 2.30. The second-order valence-electron chi connectivity index (χ2n) is 7.23. The number of carbonyl (C=O) groups excluding carboxylic acids is 2. The molecular weight excluding hydrogens is 712 g/mol. The number of ether oxygens (including phenoxy) is 5. The molecule has 24 heteroatoms. The van der Waals surface area contributed by atoms with E-state index in [1.165, 1.54) is 4.74 Å². The highest BCUT2D eigenvalue weighted by molar-refractivity contribution is 9.10. The molecule has 2 unspecified atom stereocenters. The van der Waals surface area contributed by atoms with Crippen molar-refractivity contribution < 1.29 is 104 Å². The standard InChI is InChI=1S/C18H9BrF16O7/c1-38-9(36)6-3-4-7(10(37)39-2)8(5-6)40-18(34,35)13(19,23)42-17(32,33)12(22,15(27,28)29)41-16(30,31)11(20,21)14(24,25)26/h3-5H,1-2H3. The fraction of sp³-hybridized carbons (Fsp3) is 0.556. The highest BCUT2D eigenvalue weighted by Gasteiger charge is 2.85. The van der Waals surface area contributed by atoms with Gasteiger partial charge in [-0.2, -0.15) is 70.2 Å². The maximum atomic E-state index is 14.6. The Morgan fingerprint density at radius 2 is 1.12 bits per heavy atom. The van der Waals surface area contributed by atoms with E-state index >= 15 is 0 Å². The number of benzene rings is 1. The molecule has 0 aliphatic rings. The van der Waals surface area contributed by atoms with Crippen LogP contribution >= 0.6 is 15.9 Å². The van der Waals surface area contributed by atoms with Crippen LogP contribution in [0.5, 0.6) is 5.75 Å². The van der Waals surface area contributed by atoms with Crippen molar-refractivity contribution in [1.29, 1.82) is 0 Å². The van der Waals surface area contributed by atoms with Crippen molar-refractivity contribution in [2.24, 2.45) is 0 Å². The van der Waals surface area contributed by atoms with Crippen LogP contribution in [0, 0.1) is 0 Å². The summed E-state index contributed by atoms with van der Waals surface area (Å²) in [6.45, 7) is 0. The molecule has 0 bridgehead atoms. The van der Waals surface area contributed by atoms with Crippen LogP contribution in [0.4, 0.5) is 70.2 Å². The van der Waals surface area contributed by atoms with Crippen molar-refractivity contribution in [3.8, 4) is 5.75 Å². The minimum Gasteiger partial charge on any atom is -0.465 e. The second-order valence-corrected chi connectivity index (χ2v) is 8.25. The number of esters is 2. The maximum absolute atomic E-state index is 14.6. The molecule has 0 fully saturated rings. The highest BCUT2D eigenvalue weighted by atomic mass is 79.9. The summed E-state index contributed by atoms with van der Waals surface area (Å²) in [5.74, 6) is -20.5. The lowest BCUT2D eigenvalue weighted by Crippen LogP contribution is -2.67. The quantitative estimate of drug-likeness (QED) is 0.140. The first-order valence-corrected chi connectivity index (χ1v) is 10.4. The zero-order chi connectivity index (χ0) is 33.5. The van der Waals surface area contributed by atoms with Crippen molar-refractivity contribution in [2.75, 3.05) is 14.2 Å². The molecule has 242 valence electrons. The van der Waals surface area contributed by atoms with E-state index in [4.69, 9.17) is 0 Å². The van der Waals surface area contributed by atoms with Gasteiger partial charge in [0.05, 0.1) is 19.8 Å². The molecule has 0 aromatic heterocycles. The summed E-state index contributed by atoms with van der Waals surface area (Å²) in [6, 6.07) is 1.19. The normalized spacial score (nSPS) is 16.7. The molecular formula is C18H9BrF16O7. The van der Waals surface area contributed by atoms with Crippen molar-refractivity contribution in [3.63, 3.8) is 0 Å². The van der Waals surface area contributed by atoms with Gasteiger partial charge < -0.3 is 14.2 Å². The largest absolute Gasteiger partial charge is 0.471 e. The van der Waals surface area contributed by atoms with Gasteiger partial charge in [0.2, 0.25) is 0 Å². The summed E-state index contributed by atoms with van der Waals surface area (Å²) in [5.41, 5.74) is -2.02. The molecule has 2 atom stereocenters. The lowest BCUT2D eigenvalue weighted by atomic mass is 10.1. The summed E-state index contributed by atoms with van der Waals surface area (Å²) in [6.07, 6.45) is -37.3. The minimum atomic E-state index is -7.93. The molecule has 0 saturated carbocycles. The third-order valence-electron chi connectivity index (χ3n) is 4.37. The van der Waals surface area contributed by atoms with E-state index in [2.05, 4.69) is 18.9 Å². The van der Waals surface area contributed by atoms with Gasteiger partial charge in [0.15, 0.2) is 0 Å². The van der Waals surface area contributed by atoms with Crippen molar-refractivity contribution in [1.82, 2.24) is 0 Å². The third-order valence-corrected chi connectivity index (χ3v) is 4.99. The number of carbonyl (C=O) groups is 2. The average molecular weight is 721 g/mol. The zero-order valence-electron chi connectivity index (χ0n) is 19.5. The van der Waals surface area contributed by atoms with E-state index in [-0.39, 0.29) is 6.07 Å². The Hall–Kier alpha value is -2.76. The number of rotatable bonds is 11. The van der Waals surface area contributed by atoms with Crippen molar-refractivity contribution >= 4 is 27.9 Å². The molecule has 0 radical (unpaired) electrons. The van der Waals surface area contributed by atoms with Crippen LogP contribution in [-0.4, -0.2) is 73.4 Å². The molecule has 1 rings (SSSR count). The van der Waals surface area contributed by atoms with Gasteiger partial charge in [-0.25, -0.2) is 9.59 Å². The maximum Gasteiger partial charge on any atom is 0.471 e. The van der Waals surface area contributed by atoms with E-state index < -0.39 is 76.0 Å². The van der Waals surface area contributed by atoms with E-state index in [0.717, 1.165) is 15.9 Å². The summed E-state index contributed by atoms with van der Waals surface area (Å²) < 4.78 is 224. The van der Waals surface area contributed by atoms with Crippen LogP contribution in [0.15, 0.2) is 18.2 Å². The van der Waals surface area contributed by atoms with Gasteiger partial charge in [0.1, 0.15) is 11.3 Å². The van der Waals surface area contributed by atoms with Crippen LogP contribution < -0.4 is 4.74 Å².